The Balaban J connectivity index is 2.85. The van der Waals surface area contributed by atoms with Gasteiger partial charge in [0.25, 0.3) is 0 Å². The summed E-state index contributed by atoms with van der Waals surface area (Å²) < 4.78 is 0. The van der Waals surface area contributed by atoms with Gasteiger partial charge in [0.1, 0.15) is 0 Å². The average Bonchev–Trinajstić information content (AvgIpc) is 2.48. The van der Waals surface area contributed by atoms with E-state index in [9.17, 15) is 0 Å². The lowest BCUT2D eigenvalue weighted by Crippen LogP contribution is -2.32. The third kappa shape index (κ3) is 6.15. The molecule has 1 aliphatic rings. The van der Waals surface area contributed by atoms with Crippen LogP contribution in [0.2, 0.25) is 5.31 Å². The van der Waals surface area contributed by atoms with Gasteiger partial charge in [0.15, 0.2) is 0 Å². The third-order valence-corrected chi connectivity index (χ3v) is 6.10. The molecule has 0 N–H and O–H groups in total. The molecule has 2 heteroatoms. The first-order valence-corrected chi connectivity index (χ1v) is 9.81. The summed E-state index contributed by atoms with van der Waals surface area (Å²) in [5.74, 6) is 3.82. The van der Waals surface area contributed by atoms with Crippen LogP contribution in [0.15, 0.2) is 23.1 Å². The van der Waals surface area contributed by atoms with E-state index in [4.69, 9.17) is 11.6 Å². The molecule has 0 heterocycles. The molecule has 1 saturated carbocycles. The van der Waals surface area contributed by atoms with Crippen molar-refractivity contribution in [2.24, 2.45) is 11.8 Å². The maximum atomic E-state index is 6.74. The molecule has 126 valence electrons. The smallest absolute Gasteiger partial charge is 0.112 e. The van der Waals surface area contributed by atoms with Crippen LogP contribution >= 0.6 is 11.6 Å². The molecule has 0 aromatic heterocycles. The van der Waals surface area contributed by atoms with Gasteiger partial charge in [-0.05, 0) is 41.3 Å². The molecule has 1 rings (SSSR count). The molecule has 0 spiro atoms. The molecule has 0 aromatic carbocycles. The van der Waals surface area contributed by atoms with E-state index in [2.05, 4.69) is 52.7 Å². The van der Waals surface area contributed by atoms with Crippen molar-refractivity contribution in [3.63, 3.8) is 0 Å². The van der Waals surface area contributed by atoms with Gasteiger partial charge >= 0.3 is 0 Å². The Hall–Kier alpha value is -0.165. The fourth-order valence-corrected chi connectivity index (χ4v) is 3.68. The van der Waals surface area contributed by atoms with Crippen molar-refractivity contribution in [2.75, 3.05) is 0 Å². The number of hydrogen-bond acceptors (Lipinski definition) is 0. The Morgan fingerprint density at radius 2 is 1.86 bits per heavy atom. The van der Waals surface area contributed by atoms with Crippen LogP contribution in [0, 0.1) is 11.8 Å². The summed E-state index contributed by atoms with van der Waals surface area (Å²) in [7, 11) is 0. The van der Waals surface area contributed by atoms with Crippen LogP contribution < -0.4 is 0 Å². The van der Waals surface area contributed by atoms with Crippen molar-refractivity contribution in [1.82, 2.24) is 0 Å². The quantitative estimate of drug-likeness (QED) is 0.321. The van der Waals surface area contributed by atoms with Crippen molar-refractivity contribution < 1.29 is 0 Å². The molecule has 0 saturated heterocycles. The lowest BCUT2D eigenvalue weighted by atomic mass is 9.31. The van der Waals surface area contributed by atoms with Gasteiger partial charge in [0.05, 0.1) is 0 Å². The van der Waals surface area contributed by atoms with E-state index in [1.807, 2.05) is 0 Å². The van der Waals surface area contributed by atoms with E-state index in [1.54, 1.807) is 0 Å². The Kier molecular flexibility index (Phi) is 8.91. The van der Waals surface area contributed by atoms with Gasteiger partial charge in [-0.15, -0.1) is 5.98 Å². The molecular formula is C20H36BCl. The highest BCUT2D eigenvalue weighted by molar-refractivity contribution is 6.83. The summed E-state index contributed by atoms with van der Waals surface area (Å²) in [5.41, 5.74) is 0. The average molecular weight is 323 g/mol. The van der Waals surface area contributed by atoms with Crippen LogP contribution in [-0.4, -0.2) is 6.71 Å². The predicted molar refractivity (Wildman–Crippen MR) is 104 cm³/mol. The summed E-state index contributed by atoms with van der Waals surface area (Å²) in [5, 5.41) is 0.199. The minimum absolute atomic E-state index is 0.199. The van der Waals surface area contributed by atoms with Gasteiger partial charge < -0.3 is 0 Å². The van der Waals surface area contributed by atoms with E-state index in [-0.39, 0.29) is 5.31 Å². The molecule has 0 bridgehead atoms. The molecule has 1 aliphatic carbocycles. The highest BCUT2D eigenvalue weighted by atomic mass is 35.5. The summed E-state index contributed by atoms with van der Waals surface area (Å²) in [6, 6.07) is 0. The molecule has 0 amide bonds. The summed E-state index contributed by atoms with van der Waals surface area (Å²) >= 11 is 6.74. The maximum Gasteiger partial charge on any atom is 0.221 e. The lowest BCUT2D eigenvalue weighted by Gasteiger charge is -2.34. The number of hydrogen-bond donors (Lipinski definition) is 0. The van der Waals surface area contributed by atoms with E-state index in [1.165, 1.54) is 44.9 Å². The van der Waals surface area contributed by atoms with Crippen LogP contribution in [0.4, 0.5) is 0 Å². The molecule has 0 aliphatic heterocycles. The number of unbranched alkanes of at least 4 members (excludes halogenated alkanes) is 2. The third-order valence-electron chi connectivity index (χ3n) is 5.71. The van der Waals surface area contributed by atoms with Crippen molar-refractivity contribution >= 4 is 18.3 Å². The fourth-order valence-electron chi connectivity index (χ4n) is 3.22. The molecular weight excluding hydrogens is 286 g/mol. The van der Waals surface area contributed by atoms with Gasteiger partial charge in [0.2, 0.25) is 6.71 Å². The number of rotatable bonds is 8. The molecule has 0 unspecified atom stereocenters. The zero-order valence-corrected chi connectivity index (χ0v) is 16.3. The van der Waals surface area contributed by atoms with E-state index in [0.29, 0.717) is 12.6 Å². The van der Waals surface area contributed by atoms with Crippen LogP contribution in [0.5, 0.6) is 0 Å². The Labute approximate surface area is 144 Å². The Morgan fingerprint density at radius 1 is 1.23 bits per heavy atom. The lowest BCUT2D eigenvalue weighted by molar-refractivity contribution is 0.419. The Morgan fingerprint density at radius 3 is 2.41 bits per heavy atom. The van der Waals surface area contributed by atoms with E-state index >= 15 is 0 Å². The molecule has 1 fully saturated rings. The van der Waals surface area contributed by atoms with Gasteiger partial charge in [-0.2, -0.15) is 0 Å². The van der Waals surface area contributed by atoms with Gasteiger partial charge in [-0.1, -0.05) is 90.5 Å². The normalized spacial score (nSPS) is 18.4. The van der Waals surface area contributed by atoms with Gasteiger partial charge in [0, 0.05) is 0 Å². The monoisotopic (exact) mass is 322 g/mol. The number of halogens is 1. The minimum Gasteiger partial charge on any atom is -0.112 e. The SMILES string of the molecule is CCCC/C=C(\Cl)B(/C=C/C1CCCCC1)C(C)(C)C(C)C. The molecule has 22 heavy (non-hydrogen) atoms. The van der Waals surface area contributed by atoms with Gasteiger partial charge in [-0.25, -0.2) is 0 Å². The highest BCUT2D eigenvalue weighted by Crippen LogP contribution is 2.42. The van der Waals surface area contributed by atoms with Crippen molar-refractivity contribution in [2.45, 2.75) is 91.3 Å². The first-order valence-electron chi connectivity index (χ1n) is 9.43. The Bertz CT molecular complexity index is 362. The zero-order chi connectivity index (χ0) is 16.6. The van der Waals surface area contributed by atoms with Crippen molar-refractivity contribution in [1.29, 1.82) is 0 Å². The minimum atomic E-state index is 0.199. The van der Waals surface area contributed by atoms with E-state index in [0.717, 1.165) is 17.3 Å². The topological polar surface area (TPSA) is 0 Å². The predicted octanol–water partition coefficient (Wildman–Crippen LogP) is 7.45. The molecule has 0 radical (unpaired) electrons. The molecule has 0 atom stereocenters. The van der Waals surface area contributed by atoms with Crippen LogP contribution in [0.25, 0.3) is 0 Å². The first kappa shape index (κ1) is 19.9. The summed E-state index contributed by atoms with van der Waals surface area (Å²) in [4.78, 5) is 1.05. The van der Waals surface area contributed by atoms with E-state index < -0.39 is 0 Å². The van der Waals surface area contributed by atoms with Crippen molar-refractivity contribution in [3.8, 4) is 0 Å². The standard InChI is InChI=1S/C20H36BCl/c1-6-7-9-14-19(22)21(20(4,5)17(2)3)16-15-18-12-10-8-11-13-18/h14-18H,6-13H2,1-5H3/b16-15+,19-14-. The molecule has 0 aromatic rings. The summed E-state index contributed by atoms with van der Waals surface area (Å²) in [6.45, 7) is 12.0. The summed E-state index contributed by atoms with van der Waals surface area (Å²) in [6.07, 6.45) is 15.3. The van der Waals surface area contributed by atoms with Crippen LogP contribution in [-0.2, 0) is 0 Å². The molecule has 0 nitrogen and oxygen atoms in total. The number of allylic oxidation sites excluding steroid dienone is 2. The maximum absolute atomic E-state index is 6.74. The van der Waals surface area contributed by atoms with Crippen LogP contribution in [0.1, 0.15) is 86.0 Å². The fraction of sp³-hybridized carbons (Fsp3) is 0.800. The zero-order valence-electron chi connectivity index (χ0n) is 15.5. The second kappa shape index (κ2) is 9.86. The second-order valence-electron chi connectivity index (χ2n) is 7.97. The van der Waals surface area contributed by atoms with Crippen LogP contribution in [0.3, 0.4) is 0 Å². The largest absolute Gasteiger partial charge is 0.221 e. The van der Waals surface area contributed by atoms with Crippen molar-refractivity contribution in [3.05, 3.63) is 23.1 Å². The second-order valence-corrected chi connectivity index (χ2v) is 8.40. The first-order chi connectivity index (χ1) is 10.4. The van der Waals surface area contributed by atoms with Gasteiger partial charge in [-0.3, -0.25) is 0 Å². The highest BCUT2D eigenvalue weighted by Gasteiger charge is 2.36.